The number of hydrogen-bond donors (Lipinski definition) is 0. The molecule has 0 aromatic heterocycles. The fraction of sp³-hybridized carbons (Fsp3) is 0.857. The van der Waals surface area contributed by atoms with Crippen LogP contribution in [0, 0.1) is 11.3 Å². The molecule has 1 rings (SSSR count). The van der Waals surface area contributed by atoms with E-state index in [0.29, 0.717) is 13.2 Å². The fourth-order valence-corrected chi connectivity index (χ4v) is 0.819. The van der Waals surface area contributed by atoms with Gasteiger partial charge < -0.3 is 14.6 Å². The minimum atomic E-state index is -0.985. The molecule has 4 heteroatoms. The maximum Gasteiger partial charge on any atom is 1.00 e. The van der Waals surface area contributed by atoms with Gasteiger partial charge in [0.2, 0.25) is 0 Å². The minimum absolute atomic E-state index is 0. The number of carbonyl (C=O) groups excluding carboxylic acids is 1. The first-order valence-corrected chi connectivity index (χ1v) is 3.34. The third-order valence-corrected chi connectivity index (χ3v) is 2.18. The van der Waals surface area contributed by atoms with Gasteiger partial charge in [0.05, 0.1) is 13.2 Å². The number of carbonyl (C=O) groups is 1. The Morgan fingerprint density at radius 2 is 2.00 bits per heavy atom. The van der Waals surface area contributed by atoms with Crippen molar-refractivity contribution < 1.29 is 66.0 Å². The summed E-state index contributed by atoms with van der Waals surface area (Å²) in [5.74, 6) is -0.849. The molecule has 0 unspecified atom stereocenters. The molecule has 11 heavy (non-hydrogen) atoms. The Balaban J connectivity index is 0.000001000. The van der Waals surface area contributed by atoms with Crippen LogP contribution in [0.4, 0.5) is 0 Å². The van der Waals surface area contributed by atoms with Crippen molar-refractivity contribution in [1.29, 1.82) is 0 Å². The second kappa shape index (κ2) is 4.34. The monoisotopic (exact) mass is 182 g/mol. The number of rotatable bonds is 2. The third kappa shape index (κ3) is 2.50. The number of hydrogen-bond acceptors (Lipinski definition) is 3. The van der Waals surface area contributed by atoms with Gasteiger partial charge in [0.15, 0.2) is 0 Å². The predicted molar refractivity (Wildman–Crippen MR) is 33.1 cm³/mol. The Bertz CT molecular complexity index is 152. The van der Waals surface area contributed by atoms with E-state index in [1.807, 2.05) is 0 Å². The first-order chi connectivity index (χ1) is 4.55. The zero-order chi connectivity index (χ0) is 7.78. The molecule has 0 aliphatic carbocycles. The van der Waals surface area contributed by atoms with Crippen molar-refractivity contribution in [1.82, 2.24) is 0 Å². The van der Waals surface area contributed by atoms with Crippen LogP contribution >= 0.6 is 0 Å². The third-order valence-electron chi connectivity index (χ3n) is 2.18. The molecule has 58 valence electrons. The molecule has 0 radical (unpaired) electrons. The number of ether oxygens (including phenoxy) is 1. The van der Waals surface area contributed by atoms with Gasteiger partial charge >= 0.3 is 51.4 Å². The van der Waals surface area contributed by atoms with Crippen LogP contribution in [0.25, 0.3) is 0 Å². The summed E-state index contributed by atoms with van der Waals surface area (Å²) in [7, 11) is 0. The van der Waals surface area contributed by atoms with Gasteiger partial charge in [-0.3, -0.25) is 0 Å². The SMILES string of the molecule is CC(C)(C(=O)[O-])C1COC1.[K+]. The van der Waals surface area contributed by atoms with Crippen molar-refractivity contribution in [3.8, 4) is 0 Å². The van der Waals surface area contributed by atoms with Crippen LogP contribution < -0.4 is 56.5 Å². The van der Waals surface area contributed by atoms with Gasteiger partial charge in [0.25, 0.3) is 0 Å². The largest absolute Gasteiger partial charge is 1.00 e. The van der Waals surface area contributed by atoms with E-state index in [0.717, 1.165) is 0 Å². The Morgan fingerprint density at radius 1 is 1.55 bits per heavy atom. The summed E-state index contributed by atoms with van der Waals surface area (Å²) < 4.78 is 4.88. The zero-order valence-electron chi connectivity index (χ0n) is 7.22. The molecule has 0 bridgehead atoms. The van der Waals surface area contributed by atoms with Crippen LogP contribution in [0.2, 0.25) is 0 Å². The van der Waals surface area contributed by atoms with Crippen LogP contribution in [0.1, 0.15) is 13.8 Å². The Morgan fingerprint density at radius 3 is 2.09 bits per heavy atom. The summed E-state index contributed by atoms with van der Waals surface area (Å²) in [6.45, 7) is 4.47. The molecule has 3 nitrogen and oxygen atoms in total. The summed E-state index contributed by atoms with van der Waals surface area (Å²) in [4.78, 5) is 10.5. The Kier molecular flexibility index (Phi) is 4.77. The molecule has 0 aromatic carbocycles. The zero-order valence-corrected chi connectivity index (χ0v) is 10.3. The fourth-order valence-electron chi connectivity index (χ4n) is 0.819. The van der Waals surface area contributed by atoms with Crippen molar-refractivity contribution in [3.63, 3.8) is 0 Å². The molecule has 1 fully saturated rings. The Labute approximate surface area is 109 Å². The second-order valence-corrected chi connectivity index (χ2v) is 3.24. The first-order valence-electron chi connectivity index (χ1n) is 3.34. The van der Waals surface area contributed by atoms with E-state index >= 15 is 0 Å². The molecular formula is C7H11KO3. The summed E-state index contributed by atoms with van der Waals surface area (Å²) in [6, 6.07) is 0. The molecule has 1 saturated heterocycles. The predicted octanol–water partition coefficient (Wildman–Crippen LogP) is -3.59. The van der Waals surface area contributed by atoms with Crippen LogP contribution in [0.5, 0.6) is 0 Å². The van der Waals surface area contributed by atoms with Crippen molar-refractivity contribution in [2.24, 2.45) is 11.3 Å². The van der Waals surface area contributed by atoms with Crippen molar-refractivity contribution in [3.05, 3.63) is 0 Å². The number of carboxylic acid groups (broad SMARTS) is 1. The molecule has 0 N–H and O–H groups in total. The Hall–Kier alpha value is 1.07. The average Bonchev–Trinajstić information content (AvgIpc) is 1.57. The molecule has 0 atom stereocenters. The summed E-state index contributed by atoms with van der Waals surface area (Å²) in [5, 5.41) is 10.5. The van der Waals surface area contributed by atoms with E-state index in [4.69, 9.17) is 4.74 Å². The molecular weight excluding hydrogens is 171 g/mol. The normalized spacial score (nSPS) is 18.4. The number of carboxylic acids is 1. The van der Waals surface area contributed by atoms with Gasteiger partial charge in [-0.05, 0) is 0 Å². The van der Waals surface area contributed by atoms with Crippen molar-refractivity contribution in [2.45, 2.75) is 13.8 Å². The van der Waals surface area contributed by atoms with Gasteiger partial charge in [-0.25, -0.2) is 0 Å². The average molecular weight is 182 g/mol. The van der Waals surface area contributed by atoms with E-state index < -0.39 is 11.4 Å². The molecule has 0 amide bonds. The van der Waals surface area contributed by atoms with E-state index in [1.165, 1.54) is 0 Å². The summed E-state index contributed by atoms with van der Waals surface area (Å²) >= 11 is 0. The maximum atomic E-state index is 10.5. The van der Waals surface area contributed by atoms with Gasteiger partial charge in [-0.2, -0.15) is 0 Å². The van der Waals surface area contributed by atoms with Crippen LogP contribution in [0.15, 0.2) is 0 Å². The van der Waals surface area contributed by atoms with Gasteiger partial charge in [0.1, 0.15) is 0 Å². The molecule has 1 aliphatic heterocycles. The first kappa shape index (κ1) is 12.1. The summed E-state index contributed by atoms with van der Waals surface area (Å²) in [6.07, 6.45) is 0. The quantitative estimate of drug-likeness (QED) is 0.415. The van der Waals surface area contributed by atoms with E-state index in [1.54, 1.807) is 13.8 Å². The molecule has 0 saturated carbocycles. The molecule has 0 aromatic rings. The molecule has 1 heterocycles. The van der Waals surface area contributed by atoms with E-state index in [9.17, 15) is 9.90 Å². The van der Waals surface area contributed by atoms with Gasteiger partial charge in [-0.15, -0.1) is 0 Å². The minimum Gasteiger partial charge on any atom is -0.550 e. The molecule has 1 aliphatic rings. The van der Waals surface area contributed by atoms with E-state index in [2.05, 4.69) is 0 Å². The topological polar surface area (TPSA) is 49.4 Å². The van der Waals surface area contributed by atoms with Gasteiger partial charge in [-0.1, -0.05) is 13.8 Å². The van der Waals surface area contributed by atoms with E-state index in [-0.39, 0.29) is 57.3 Å². The number of aliphatic carboxylic acids is 1. The maximum absolute atomic E-state index is 10.5. The summed E-state index contributed by atoms with van der Waals surface area (Å²) in [5.41, 5.74) is -0.724. The van der Waals surface area contributed by atoms with Gasteiger partial charge in [0, 0.05) is 17.3 Å². The van der Waals surface area contributed by atoms with Crippen molar-refractivity contribution >= 4 is 5.97 Å². The van der Waals surface area contributed by atoms with Crippen LogP contribution in [-0.4, -0.2) is 19.2 Å². The molecule has 0 spiro atoms. The van der Waals surface area contributed by atoms with Crippen molar-refractivity contribution in [2.75, 3.05) is 13.2 Å². The van der Waals surface area contributed by atoms with Crippen LogP contribution in [-0.2, 0) is 9.53 Å². The van der Waals surface area contributed by atoms with Crippen LogP contribution in [0.3, 0.4) is 0 Å². The standard InChI is InChI=1S/C7H12O3.K/c1-7(2,6(8)9)5-3-10-4-5;/h5H,3-4H2,1-2H3,(H,8,9);/q;+1/p-1. The second-order valence-electron chi connectivity index (χ2n) is 3.24. The smallest absolute Gasteiger partial charge is 0.550 e.